The highest BCUT2D eigenvalue weighted by molar-refractivity contribution is 5.93. The predicted molar refractivity (Wildman–Crippen MR) is 69.5 cm³/mol. The minimum Gasteiger partial charge on any atom is -0.477 e. The van der Waals surface area contributed by atoms with Crippen LogP contribution in [0, 0.1) is 10.1 Å². The lowest BCUT2D eigenvalue weighted by atomic mass is 10.1. The van der Waals surface area contributed by atoms with Gasteiger partial charge in [-0.15, -0.1) is 0 Å². The average molecular weight is 268 g/mol. The number of aliphatic hydroxyl groups is 1. The number of nitrogens with zero attached hydrogens (tertiary/aromatic N) is 1. The van der Waals surface area contributed by atoms with E-state index >= 15 is 0 Å². The van der Waals surface area contributed by atoms with Crippen LogP contribution in [0.1, 0.15) is 30.1 Å². The van der Waals surface area contributed by atoms with Gasteiger partial charge in [-0.25, -0.2) is 4.79 Å². The second-order valence-corrected chi connectivity index (χ2v) is 4.06. The summed E-state index contributed by atoms with van der Waals surface area (Å²) in [4.78, 5) is 21.0. The molecule has 0 amide bonds. The van der Waals surface area contributed by atoms with Crippen molar-refractivity contribution in [1.82, 2.24) is 0 Å². The van der Waals surface area contributed by atoms with Gasteiger partial charge in [0.15, 0.2) is 0 Å². The van der Waals surface area contributed by atoms with Crippen LogP contribution in [0.5, 0.6) is 0 Å². The smallest absolute Gasteiger partial charge is 0.342 e. The molecule has 1 aromatic rings. The third-order valence-corrected chi connectivity index (χ3v) is 2.76. The number of carboxylic acid groups (broad SMARTS) is 1. The Morgan fingerprint density at radius 3 is 2.68 bits per heavy atom. The Bertz CT molecular complexity index is 475. The van der Waals surface area contributed by atoms with Crippen molar-refractivity contribution < 1.29 is 19.9 Å². The summed E-state index contributed by atoms with van der Waals surface area (Å²) >= 11 is 0. The number of rotatable bonds is 7. The molecule has 0 spiro atoms. The summed E-state index contributed by atoms with van der Waals surface area (Å²) in [7, 11) is 0. The van der Waals surface area contributed by atoms with Crippen LogP contribution in [-0.4, -0.2) is 33.8 Å². The standard InChI is InChI=1S/C12H16N2O5/c1-2-8(5-6-15)13-9-3-4-11(14(18)19)10(7-9)12(16)17/h3-4,7-8,13,15H,2,5-6H2,1H3,(H,16,17). The number of benzene rings is 1. The van der Waals surface area contributed by atoms with Gasteiger partial charge in [-0.3, -0.25) is 10.1 Å². The zero-order valence-electron chi connectivity index (χ0n) is 10.5. The highest BCUT2D eigenvalue weighted by Crippen LogP contribution is 2.23. The fourth-order valence-corrected chi connectivity index (χ4v) is 1.73. The Labute approximate surface area is 110 Å². The Balaban J connectivity index is 3.01. The molecule has 1 atom stereocenters. The van der Waals surface area contributed by atoms with Gasteiger partial charge in [-0.05, 0) is 25.0 Å². The Morgan fingerprint density at radius 1 is 1.53 bits per heavy atom. The average Bonchev–Trinajstić information content (AvgIpc) is 2.37. The largest absolute Gasteiger partial charge is 0.477 e. The third-order valence-electron chi connectivity index (χ3n) is 2.76. The molecule has 7 nitrogen and oxygen atoms in total. The zero-order valence-corrected chi connectivity index (χ0v) is 10.5. The van der Waals surface area contributed by atoms with E-state index in [2.05, 4.69) is 5.32 Å². The molecule has 0 heterocycles. The molecule has 3 N–H and O–H groups in total. The van der Waals surface area contributed by atoms with Gasteiger partial charge < -0.3 is 15.5 Å². The number of carboxylic acids is 1. The maximum atomic E-state index is 11.0. The summed E-state index contributed by atoms with van der Waals surface area (Å²) in [5.74, 6) is -1.34. The quantitative estimate of drug-likeness (QED) is 0.514. The van der Waals surface area contributed by atoms with Crippen molar-refractivity contribution in [2.45, 2.75) is 25.8 Å². The number of hydrogen-bond donors (Lipinski definition) is 3. The van der Waals surface area contributed by atoms with Crippen molar-refractivity contribution in [1.29, 1.82) is 0 Å². The number of nitro groups is 1. The minimum atomic E-state index is -1.34. The van der Waals surface area contributed by atoms with Crippen molar-refractivity contribution in [3.63, 3.8) is 0 Å². The van der Waals surface area contributed by atoms with Crippen LogP contribution in [0.3, 0.4) is 0 Å². The summed E-state index contributed by atoms with van der Waals surface area (Å²) < 4.78 is 0. The van der Waals surface area contributed by atoms with E-state index < -0.39 is 16.6 Å². The molecule has 0 aliphatic heterocycles. The molecule has 1 unspecified atom stereocenters. The van der Waals surface area contributed by atoms with E-state index in [9.17, 15) is 14.9 Å². The summed E-state index contributed by atoms with van der Waals surface area (Å²) in [6.07, 6.45) is 1.27. The fraction of sp³-hybridized carbons (Fsp3) is 0.417. The number of aliphatic hydroxyl groups excluding tert-OH is 1. The molecule has 7 heteroatoms. The zero-order chi connectivity index (χ0) is 14.4. The lowest BCUT2D eigenvalue weighted by molar-refractivity contribution is -0.385. The summed E-state index contributed by atoms with van der Waals surface area (Å²) in [5.41, 5.74) is -0.301. The molecule has 0 bridgehead atoms. The van der Waals surface area contributed by atoms with Gasteiger partial charge in [-0.1, -0.05) is 6.92 Å². The first-order valence-electron chi connectivity index (χ1n) is 5.88. The summed E-state index contributed by atoms with van der Waals surface area (Å²) in [6, 6.07) is 3.86. The molecule has 0 radical (unpaired) electrons. The van der Waals surface area contributed by atoms with E-state index in [4.69, 9.17) is 10.2 Å². The van der Waals surface area contributed by atoms with E-state index in [0.717, 1.165) is 12.5 Å². The monoisotopic (exact) mass is 268 g/mol. The molecule has 1 aromatic carbocycles. The van der Waals surface area contributed by atoms with E-state index in [-0.39, 0.29) is 18.2 Å². The van der Waals surface area contributed by atoms with Crippen molar-refractivity contribution in [3.8, 4) is 0 Å². The molecule has 0 aliphatic rings. The molecule has 0 aromatic heterocycles. The van der Waals surface area contributed by atoms with E-state index in [0.29, 0.717) is 12.1 Å². The molecule has 0 aliphatic carbocycles. The van der Waals surface area contributed by atoms with E-state index in [1.165, 1.54) is 12.1 Å². The Hall–Kier alpha value is -2.15. The molecule has 0 saturated heterocycles. The SMILES string of the molecule is CCC(CCO)Nc1ccc([N+](=O)[O-])c(C(=O)O)c1. The molecule has 19 heavy (non-hydrogen) atoms. The van der Waals surface area contributed by atoms with Gasteiger partial charge in [0, 0.05) is 24.4 Å². The number of carbonyl (C=O) groups is 1. The van der Waals surface area contributed by atoms with Gasteiger partial charge in [-0.2, -0.15) is 0 Å². The van der Waals surface area contributed by atoms with E-state index in [1.807, 2.05) is 6.92 Å². The van der Waals surface area contributed by atoms with Crippen LogP contribution < -0.4 is 5.32 Å². The molecule has 0 saturated carbocycles. The van der Waals surface area contributed by atoms with Crippen molar-refractivity contribution in [2.75, 3.05) is 11.9 Å². The summed E-state index contributed by atoms with van der Waals surface area (Å²) in [5, 5.41) is 31.6. The minimum absolute atomic E-state index is 0.00639. The van der Waals surface area contributed by atoms with Crippen molar-refractivity contribution >= 4 is 17.3 Å². The van der Waals surface area contributed by atoms with Crippen molar-refractivity contribution in [3.05, 3.63) is 33.9 Å². The maximum Gasteiger partial charge on any atom is 0.342 e. The lowest BCUT2D eigenvalue weighted by Crippen LogP contribution is -2.20. The fourth-order valence-electron chi connectivity index (χ4n) is 1.73. The molecule has 104 valence electrons. The number of anilines is 1. The van der Waals surface area contributed by atoms with Crippen LogP contribution in [0.25, 0.3) is 0 Å². The second-order valence-electron chi connectivity index (χ2n) is 4.06. The van der Waals surface area contributed by atoms with Gasteiger partial charge in [0.05, 0.1) is 4.92 Å². The maximum absolute atomic E-state index is 11.0. The van der Waals surface area contributed by atoms with Crippen LogP contribution in [0.4, 0.5) is 11.4 Å². The first-order valence-corrected chi connectivity index (χ1v) is 5.88. The molecular weight excluding hydrogens is 252 g/mol. The van der Waals surface area contributed by atoms with Crippen LogP contribution in [0.15, 0.2) is 18.2 Å². The number of hydrogen-bond acceptors (Lipinski definition) is 5. The van der Waals surface area contributed by atoms with Crippen LogP contribution in [-0.2, 0) is 0 Å². The van der Waals surface area contributed by atoms with Crippen molar-refractivity contribution in [2.24, 2.45) is 0 Å². The molecule has 0 fully saturated rings. The topological polar surface area (TPSA) is 113 Å². The Kier molecular flexibility index (Phi) is 5.25. The second kappa shape index (κ2) is 6.69. The van der Waals surface area contributed by atoms with Gasteiger partial charge in [0.25, 0.3) is 5.69 Å². The highest BCUT2D eigenvalue weighted by Gasteiger charge is 2.20. The summed E-state index contributed by atoms with van der Waals surface area (Å²) in [6.45, 7) is 1.95. The van der Waals surface area contributed by atoms with Crippen LogP contribution in [0.2, 0.25) is 0 Å². The Morgan fingerprint density at radius 2 is 2.21 bits per heavy atom. The van der Waals surface area contributed by atoms with Gasteiger partial charge >= 0.3 is 5.97 Å². The highest BCUT2D eigenvalue weighted by atomic mass is 16.6. The van der Waals surface area contributed by atoms with Gasteiger partial charge in [0.1, 0.15) is 5.56 Å². The van der Waals surface area contributed by atoms with Gasteiger partial charge in [0.2, 0.25) is 0 Å². The van der Waals surface area contributed by atoms with Crippen LogP contribution >= 0.6 is 0 Å². The number of nitro benzene ring substituents is 1. The molecular formula is C12H16N2O5. The first kappa shape index (κ1) is 14.9. The first-order chi connectivity index (χ1) is 8.99. The van der Waals surface area contributed by atoms with E-state index in [1.54, 1.807) is 0 Å². The molecule has 1 rings (SSSR count). The normalized spacial score (nSPS) is 11.9. The lowest BCUT2D eigenvalue weighted by Gasteiger charge is -2.17. The third kappa shape index (κ3) is 3.92. The number of nitrogens with one attached hydrogen (secondary N) is 1. The predicted octanol–water partition coefficient (Wildman–Crippen LogP) is 1.87. The number of aromatic carboxylic acids is 1.